The van der Waals surface area contributed by atoms with E-state index < -0.39 is 0 Å². The summed E-state index contributed by atoms with van der Waals surface area (Å²) in [4.78, 5) is 21.0. The molecule has 0 saturated carbocycles. The van der Waals surface area contributed by atoms with E-state index in [0.717, 1.165) is 29.8 Å². The second-order valence-corrected chi connectivity index (χ2v) is 6.15. The molecule has 2 heterocycles. The molecule has 25 heavy (non-hydrogen) atoms. The highest BCUT2D eigenvalue weighted by atomic mass is 16.1. The van der Waals surface area contributed by atoms with Gasteiger partial charge in [-0.3, -0.25) is 9.78 Å². The molecule has 130 valence electrons. The van der Waals surface area contributed by atoms with Crippen LogP contribution in [-0.2, 0) is 13.1 Å². The van der Waals surface area contributed by atoms with E-state index in [1.807, 2.05) is 18.2 Å². The molecular formula is C20H24N4O. The first-order chi connectivity index (χ1) is 12.3. The normalized spacial score (nSPS) is 10.9. The topological polar surface area (TPSA) is 59.8 Å². The minimum Gasteiger partial charge on any atom is -0.345 e. The molecule has 5 nitrogen and oxygen atoms in total. The molecule has 0 aliphatic rings. The van der Waals surface area contributed by atoms with E-state index in [1.54, 1.807) is 24.5 Å². The number of aryl methyl sites for hydroxylation is 1. The maximum Gasteiger partial charge on any atom is 0.253 e. The van der Waals surface area contributed by atoms with Crippen molar-refractivity contribution in [2.75, 3.05) is 0 Å². The van der Waals surface area contributed by atoms with Gasteiger partial charge in [0, 0.05) is 18.9 Å². The van der Waals surface area contributed by atoms with Crippen LogP contribution in [0.15, 0.2) is 48.8 Å². The lowest BCUT2D eigenvalue weighted by Gasteiger charge is -2.10. The van der Waals surface area contributed by atoms with Gasteiger partial charge in [-0.25, -0.2) is 4.98 Å². The van der Waals surface area contributed by atoms with Gasteiger partial charge >= 0.3 is 0 Å². The number of imidazole rings is 1. The Labute approximate surface area is 148 Å². The van der Waals surface area contributed by atoms with Gasteiger partial charge in [0.1, 0.15) is 5.82 Å². The maximum absolute atomic E-state index is 12.3. The van der Waals surface area contributed by atoms with Crippen molar-refractivity contribution >= 4 is 16.9 Å². The minimum atomic E-state index is -0.127. The Hall–Kier alpha value is -2.69. The molecule has 0 fully saturated rings. The van der Waals surface area contributed by atoms with Crippen LogP contribution in [0.4, 0.5) is 0 Å². The summed E-state index contributed by atoms with van der Waals surface area (Å²) >= 11 is 0. The summed E-state index contributed by atoms with van der Waals surface area (Å²) in [5, 5.41) is 2.96. The molecule has 0 spiro atoms. The number of carbonyl (C=O) groups is 1. The predicted molar refractivity (Wildman–Crippen MR) is 99.3 cm³/mol. The summed E-state index contributed by atoms with van der Waals surface area (Å²) in [6, 6.07) is 11.7. The van der Waals surface area contributed by atoms with Crippen LogP contribution in [0.25, 0.3) is 11.0 Å². The largest absolute Gasteiger partial charge is 0.345 e. The first kappa shape index (κ1) is 17.1. The number of fused-ring (bicyclic) bond motifs is 1. The third-order valence-corrected chi connectivity index (χ3v) is 4.30. The van der Waals surface area contributed by atoms with Gasteiger partial charge < -0.3 is 9.88 Å². The zero-order valence-electron chi connectivity index (χ0n) is 14.6. The Morgan fingerprint density at radius 2 is 2.00 bits per heavy atom. The second-order valence-electron chi connectivity index (χ2n) is 6.15. The maximum atomic E-state index is 12.3. The summed E-state index contributed by atoms with van der Waals surface area (Å²) in [6.45, 7) is 3.56. The molecular weight excluding hydrogens is 312 g/mol. The average molecular weight is 336 g/mol. The summed E-state index contributed by atoms with van der Waals surface area (Å²) in [5.74, 6) is 0.771. The van der Waals surface area contributed by atoms with Crippen molar-refractivity contribution < 1.29 is 4.79 Å². The fourth-order valence-electron chi connectivity index (χ4n) is 2.97. The molecule has 1 N–H and O–H groups in total. The van der Waals surface area contributed by atoms with Crippen molar-refractivity contribution in [2.45, 2.75) is 45.7 Å². The second kappa shape index (κ2) is 8.42. The summed E-state index contributed by atoms with van der Waals surface area (Å²) in [7, 11) is 0. The SMILES string of the molecule is CCCCCCn1c(CNC(=O)c2cccnc2)nc2ccccc21. The van der Waals surface area contributed by atoms with E-state index in [-0.39, 0.29) is 5.91 Å². The molecule has 0 unspecified atom stereocenters. The Morgan fingerprint density at radius 1 is 1.12 bits per heavy atom. The molecule has 2 aromatic heterocycles. The lowest BCUT2D eigenvalue weighted by atomic mass is 10.2. The van der Waals surface area contributed by atoms with Crippen LogP contribution in [0.3, 0.4) is 0 Å². The van der Waals surface area contributed by atoms with Crippen LogP contribution in [-0.4, -0.2) is 20.4 Å². The summed E-state index contributed by atoms with van der Waals surface area (Å²) < 4.78 is 2.23. The highest BCUT2D eigenvalue weighted by Gasteiger charge is 2.12. The van der Waals surface area contributed by atoms with E-state index in [9.17, 15) is 4.79 Å². The first-order valence-electron chi connectivity index (χ1n) is 8.92. The van der Waals surface area contributed by atoms with Gasteiger partial charge in [-0.15, -0.1) is 0 Å². The molecule has 1 amide bonds. The van der Waals surface area contributed by atoms with E-state index in [4.69, 9.17) is 4.98 Å². The van der Waals surface area contributed by atoms with E-state index in [0.29, 0.717) is 12.1 Å². The Bertz CT molecular complexity index is 826. The number of rotatable bonds is 8. The van der Waals surface area contributed by atoms with Crippen molar-refractivity contribution in [3.8, 4) is 0 Å². The van der Waals surface area contributed by atoms with Gasteiger partial charge in [0.2, 0.25) is 0 Å². The third kappa shape index (κ3) is 4.24. The molecule has 5 heteroatoms. The molecule has 0 radical (unpaired) electrons. The van der Waals surface area contributed by atoms with Crippen molar-refractivity contribution in [1.82, 2.24) is 19.9 Å². The summed E-state index contributed by atoms with van der Waals surface area (Å²) in [5.41, 5.74) is 2.67. The number of unbranched alkanes of at least 4 members (excludes halogenated alkanes) is 3. The fourth-order valence-corrected chi connectivity index (χ4v) is 2.97. The Kier molecular flexibility index (Phi) is 5.77. The standard InChI is InChI=1S/C20H24N4O/c1-2-3-4-7-13-24-18-11-6-5-10-17(18)23-19(24)15-22-20(25)16-9-8-12-21-14-16/h5-6,8-12,14H,2-4,7,13,15H2,1H3,(H,22,25). The van der Waals surface area contributed by atoms with Crippen molar-refractivity contribution in [3.63, 3.8) is 0 Å². The number of pyridine rings is 1. The lowest BCUT2D eigenvalue weighted by molar-refractivity contribution is 0.0949. The van der Waals surface area contributed by atoms with Gasteiger partial charge in [0.15, 0.2) is 0 Å². The number of para-hydroxylation sites is 2. The number of aromatic nitrogens is 3. The Balaban J connectivity index is 1.74. The monoisotopic (exact) mass is 336 g/mol. The predicted octanol–water partition coefficient (Wildman–Crippen LogP) is 3.94. The van der Waals surface area contributed by atoms with Crippen LogP contribution < -0.4 is 5.32 Å². The number of nitrogens with one attached hydrogen (secondary N) is 1. The van der Waals surface area contributed by atoms with Crippen LogP contribution in [0.2, 0.25) is 0 Å². The highest BCUT2D eigenvalue weighted by molar-refractivity contribution is 5.93. The summed E-state index contributed by atoms with van der Waals surface area (Å²) in [6.07, 6.45) is 8.04. The van der Waals surface area contributed by atoms with E-state index >= 15 is 0 Å². The zero-order chi connectivity index (χ0) is 17.5. The number of carbonyl (C=O) groups excluding carboxylic acids is 1. The smallest absolute Gasteiger partial charge is 0.253 e. The fraction of sp³-hybridized carbons (Fsp3) is 0.350. The molecule has 0 saturated heterocycles. The molecule has 3 rings (SSSR count). The molecule has 0 atom stereocenters. The molecule has 0 bridgehead atoms. The van der Waals surface area contributed by atoms with Crippen LogP contribution in [0, 0.1) is 0 Å². The highest BCUT2D eigenvalue weighted by Crippen LogP contribution is 2.17. The van der Waals surface area contributed by atoms with Gasteiger partial charge in [0.05, 0.1) is 23.1 Å². The van der Waals surface area contributed by atoms with Crippen LogP contribution in [0.5, 0.6) is 0 Å². The lowest BCUT2D eigenvalue weighted by Crippen LogP contribution is -2.24. The van der Waals surface area contributed by atoms with E-state index in [1.165, 1.54) is 19.3 Å². The van der Waals surface area contributed by atoms with E-state index in [2.05, 4.69) is 27.9 Å². The number of benzene rings is 1. The van der Waals surface area contributed by atoms with Gasteiger partial charge in [-0.2, -0.15) is 0 Å². The van der Waals surface area contributed by atoms with Crippen molar-refractivity contribution in [1.29, 1.82) is 0 Å². The zero-order valence-corrected chi connectivity index (χ0v) is 14.6. The first-order valence-corrected chi connectivity index (χ1v) is 8.92. The number of hydrogen-bond acceptors (Lipinski definition) is 3. The number of nitrogens with zero attached hydrogens (tertiary/aromatic N) is 3. The van der Waals surface area contributed by atoms with Gasteiger partial charge in [0.25, 0.3) is 5.91 Å². The average Bonchev–Trinajstić information content (AvgIpc) is 3.01. The third-order valence-electron chi connectivity index (χ3n) is 4.30. The Morgan fingerprint density at radius 3 is 2.80 bits per heavy atom. The van der Waals surface area contributed by atoms with Crippen LogP contribution >= 0.6 is 0 Å². The van der Waals surface area contributed by atoms with Gasteiger partial charge in [-0.1, -0.05) is 38.3 Å². The molecule has 1 aromatic carbocycles. The van der Waals surface area contributed by atoms with Gasteiger partial charge in [-0.05, 0) is 30.7 Å². The number of amides is 1. The van der Waals surface area contributed by atoms with Crippen molar-refractivity contribution in [2.24, 2.45) is 0 Å². The quantitative estimate of drug-likeness (QED) is 0.634. The van der Waals surface area contributed by atoms with Crippen molar-refractivity contribution in [3.05, 3.63) is 60.2 Å². The molecule has 0 aliphatic heterocycles. The molecule has 3 aromatic rings. The van der Waals surface area contributed by atoms with Crippen LogP contribution in [0.1, 0.15) is 48.8 Å². The molecule has 0 aliphatic carbocycles. The minimum absolute atomic E-state index is 0.127. The number of hydrogen-bond donors (Lipinski definition) is 1.